The van der Waals surface area contributed by atoms with Gasteiger partial charge in [0.15, 0.2) is 0 Å². The summed E-state index contributed by atoms with van der Waals surface area (Å²) in [6.45, 7) is 0.834. The fourth-order valence-electron chi connectivity index (χ4n) is 4.18. The van der Waals surface area contributed by atoms with Gasteiger partial charge in [-0.05, 0) is 30.9 Å². The van der Waals surface area contributed by atoms with Gasteiger partial charge in [-0.1, -0.05) is 31.4 Å². The first kappa shape index (κ1) is 18.7. The Labute approximate surface area is 155 Å². The van der Waals surface area contributed by atoms with Crippen LogP contribution in [-0.2, 0) is 9.59 Å². The highest BCUT2D eigenvalue weighted by Crippen LogP contribution is 2.33. The molecule has 0 aromatic heterocycles. The van der Waals surface area contributed by atoms with Crippen molar-refractivity contribution in [1.82, 2.24) is 5.32 Å². The molecule has 2 fully saturated rings. The molecule has 1 saturated heterocycles. The minimum absolute atomic E-state index is 0.0122. The Morgan fingerprint density at radius 1 is 1.31 bits per heavy atom. The summed E-state index contributed by atoms with van der Waals surface area (Å²) in [5.74, 6) is 0.655. The normalized spacial score (nSPS) is 22.3. The first-order valence-corrected chi connectivity index (χ1v) is 9.58. The second-order valence-electron chi connectivity index (χ2n) is 7.33. The second-order valence-corrected chi connectivity index (χ2v) is 7.33. The minimum atomic E-state index is -0.343. The molecule has 6 heteroatoms. The Bertz CT molecular complexity index is 643. The SMILES string of the molecule is COc1ccccc1N1CC(C(=O)NC(CN)C2CCCCC2)CC1=O. The Morgan fingerprint density at radius 3 is 2.73 bits per heavy atom. The second kappa shape index (κ2) is 8.54. The van der Waals surface area contributed by atoms with Crippen molar-refractivity contribution in [2.45, 2.75) is 44.6 Å². The van der Waals surface area contributed by atoms with Crippen molar-refractivity contribution in [3.63, 3.8) is 0 Å². The van der Waals surface area contributed by atoms with Gasteiger partial charge in [0.25, 0.3) is 0 Å². The number of nitrogens with zero attached hydrogens (tertiary/aromatic N) is 1. The van der Waals surface area contributed by atoms with E-state index < -0.39 is 0 Å². The van der Waals surface area contributed by atoms with Crippen molar-refractivity contribution in [2.24, 2.45) is 17.6 Å². The Kier molecular flexibility index (Phi) is 6.14. The molecule has 1 aliphatic heterocycles. The van der Waals surface area contributed by atoms with Crippen molar-refractivity contribution in [1.29, 1.82) is 0 Å². The van der Waals surface area contributed by atoms with E-state index in [-0.39, 0.29) is 30.2 Å². The number of nitrogens with one attached hydrogen (secondary N) is 1. The summed E-state index contributed by atoms with van der Waals surface area (Å²) >= 11 is 0. The van der Waals surface area contributed by atoms with Gasteiger partial charge in [-0.2, -0.15) is 0 Å². The third kappa shape index (κ3) is 4.01. The molecule has 0 spiro atoms. The lowest BCUT2D eigenvalue weighted by molar-refractivity contribution is -0.127. The highest BCUT2D eigenvalue weighted by atomic mass is 16.5. The molecule has 26 heavy (non-hydrogen) atoms. The van der Waals surface area contributed by atoms with Crippen molar-refractivity contribution >= 4 is 17.5 Å². The summed E-state index contributed by atoms with van der Waals surface area (Å²) in [7, 11) is 1.58. The number of benzene rings is 1. The number of hydrogen-bond acceptors (Lipinski definition) is 4. The average molecular weight is 359 g/mol. The lowest BCUT2D eigenvalue weighted by Gasteiger charge is -2.30. The van der Waals surface area contributed by atoms with Crippen molar-refractivity contribution in [2.75, 3.05) is 25.1 Å². The molecule has 0 bridgehead atoms. The van der Waals surface area contributed by atoms with Gasteiger partial charge < -0.3 is 20.7 Å². The molecule has 1 aromatic carbocycles. The Hall–Kier alpha value is -2.08. The van der Waals surface area contributed by atoms with Crippen LogP contribution in [0, 0.1) is 11.8 Å². The molecular formula is C20H29N3O3. The lowest BCUT2D eigenvalue weighted by Crippen LogP contribution is -2.48. The molecule has 2 atom stereocenters. The van der Waals surface area contributed by atoms with Crippen LogP contribution in [0.4, 0.5) is 5.69 Å². The van der Waals surface area contributed by atoms with E-state index in [0.717, 1.165) is 18.5 Å². The van der Waals surface area contributed by atoms with Crippen LogP contribution in [0.25, 0.3) is 0 Å². The number of nitrogens with two attached hydrogens (primary N) is 1. The molecule has 1 heterocycles. The first-order chi connectivity index (χ1) is 12.6. The summed E-state index contributed by atoms with van der Waals surface area (Å²) in [5.41, 5.74) is 6.65. The number of amides is 2. The van der Waals surface area contributed by atoms with E-state index in [9.17, 15) is 9.59 Å². The number of anilines is 1. The monoisotopic (exact) mass is 359 g/mol. The van der Waals surface area contributed by atoms with Crippen LogP contribution in [0.5, 0.6) is 5.75 Å². The number of rotatable bonds is 6. The van der Waals surface area contributed by atoms with Crippen LogP contribution in [0.2, 0.25) is 0 Å². The summed E-state index contributed by atoms with van der Waals surface area (Å²) in [5, 5.41) is 3.13. The fourth-order valence-corrected chi connectivity index (χ4v) is 4.18. The zero-order valence-corrected chi connectivity index (χ0v) is 15.4. The number of hydrogen-bond donors (Lipinski definition) is 2. The quantitative estimate of drug-likeness (QED) is 0.814. The molecule has 1 aliphatic carbocycles. The maximum Gasteiger partial charge on any atom is 0.227 e. The Morgan fingerprint density at radius 2 is 2.04 bits per heavy atom. The van der Waals surface area contributed by atoms with Crippen molar-refractivity contribution in [3.05, 3.63) is 24.3 Å². The first-order valence-electron chi connectivity index (χ1n) is 9.58. The number of ether oxygens (including phenoxy) is 1. The van der Waals surface area contributed by atoms with Gasteiger partial charge >= 0.3 is 0 Å². The highest BCUT2D eigenvalue weighted by molar-refractivity contribution is 6.01. The third-order valence-corrected chi connectivity index (χ3v) is 5.67. The van der Waals surface area contributed by atoms with Gasteiger partial charge in [0.1, 0.15) is 5.75 Å². The molecule has 2 amide bonds. The van der Waals surface area contributed by atoms with Gasteiger partial charge in [0.2, 0.25) is 11.8 Å². The van der Waals surface area contributed by atoms with Crippen LogP contribution in [-0.4, -0.2) is 38.1 Å². The van der Waals surface area contributed by atoms with Crippen LogP contribution < -0.4 is 20.7 Å². The van der Waals surface area contributed by atoms with Gasteiger partial charge in [-0.3, -0.25) is 9.59 Å². The average Bonchev–Trinajstić information content (AvgIpc) is 3.08. The summed E-state index contributed by atoms with van der Waals surface area (Å²) in [4.78, 5) is 26.9. The van der Waals surface area contributed by atoms with E-state index in [1.807, 2.05) is 24.3 Å². The molecule has 2 aliphatic rings. The Balaban J connectivity index is 1.64. The maximum absolute atomic E-state index is 12.8. The van der Waals surface area contributed by atoms with E-state index in [1.54, 1.807) is 12.0 Å². The van der Waals surface area contributed by atoms with Gasteiger partial charge in [0, 0.05) is 25.6 Å². The van der Waals surface area contributed by atoms with E-state index in [4.69, 9.17) is 10.5 Å². The lowest BCUT2D eigenvalue weighted by atomic mass is 9.83. The number of methoxy groups -OCH3 is 1. The van der Waals surface area contributed by atoms with Crippen LogP contribution >= 0.6 is 0 Å². The molecule has 3 N–H and O–H groups in total. The largest absolute Gasteiger partial charge is 0.495 e. The van der Waals surface area contributed by atoms with Crippen LogP contribution in [0.15, 0.2) is 24.3 Å². The summed E-state index contributed by atoms with van der Waals surface area (Å²) < 4.78 is 5.35. The van der Waals surface area contributed by atoms with Crippen molar-refractivity contribution in [3.8, 4) is 5.75 Å². The third-order valence-electron chi connectivity index (χ3n) is 5.67. The number of carbonyl (C=O) groups excluding carboxylic acids is 2. The smallest absolute Gasteiger partial charge is 0.227 e. The topological polar surface area (TPSA) is 84.7 Å². The van der Waals surface area contributed by atoms with Crippen LogP contribution in [0.3, 0.4) is 0 Å². The molecule has 3 rings (SSSR count). The van der Waals surface area contributed by atoms with E-state index in [1.165, 1.54) is 19.3 Å². The highest BCUT2D eigenvalue weighted by Gasteiger charge is 2.37. The van der Waals surface area contributed by atoms with Gasteiger partial charge in [0.05, 0.1) is 18.7 Å². The number of para-hydroxylation sites is 2. The number of carbonyl (C=O) groups is 2. The van der Waals surface area contributed by atoms with Gasteiger partial charge in [-0.15, -0.1) is 0 Å². The van der Waals surface area contributed by atoms with Crippen molar-refractivity contribution < 1.29 is 14.3 Å². The zero-order valence-electron chi connectivity index (χ0n) is 15.4. The maximum atomic E-state index is 12.8. The molecule has 1 saturated carbocycles. The molecule has 6 nitrogen and oxygen atoms in total. The molecule has 1 aromatic rings. The molecule has 142 valence electrons. The summed E-state index contributed by atoms with van der Waals surface area (Å²) in [6.07, 6.45) is 6.16. The predicted octanol–water partition coefficient (Wildman–Crippen LogP) is 2.07. The fraction of sp³-hybridized carbons (Fsp3) is 0.600. The zero-order chi connectivity index (χ0) is 18.5. The predicted molar refractivity (Wildman–Crippen MR) is 101 cm³/mol. The molecule has 0 radical (unpaired) electrons. The van der Waals surface area contributed by atoms with E-state index in [0.29, 0.717) is 24.8 Å². The van der Waals surface area contributed by atoms with E-state index >= 15 is 0 Å². The summed E-state index contributed by atoms with van der Waals surface area (Å²) in [6, 6.07) is 7.42. The molecule has 2 unspecified atom stereocenters. The van der Waals surface area contributed by atoms with Gasteiger partial charge in [-0.25, -0.2) is 0 Å². The standard InChI is InChI=1S/C20H29N3O3/c1-26-18-10-6-5-9-17(18)23-13-15(11-19(23)24)20(25)22-16(12-21)14-7-3-2-4-8-14/h5-6,9-10,14-16H,2-4,7-8,11-13,21H2,1H3,(H,22,25). The minimum Gasteiger partial charge on any atom is -0.495 e. The molecular weight excluding hydrogens is 330 g/mol. The van der Waals surface area contributed by atoms with E-state index in [2.05, 4.69) is 5.32 Å². The van der Waals surface area contributed by atoms with Crippen LogP contribution in [0.1, 0.15) is 38.5 Å².